The molecule has 1 unspecified atom stereocenters. The van der Waals surface area contributed by atoms with E-state index in [1.54, 1.807) is 6.20 Å². The van der Waals surface area contributed by atoms with Crippen molar-refractivity contribution in [1.29, 1.82) is 0 Å². The van der Waals surface area contributed by atoms with Crippen LogP contribution in [-0.2, 0) is 21.3 Å². The van der Waals surface area contributed by atoms with Crippen LogP contribution in [0.4, 0.5) is 8.78 Å². The Hall–Kier alpha value is -0.880. The number of methoxy groups -OCH3 is 1. The SMILES string of the molecule is COC1(CS(=O)Cc2ncccc2C)CCC(F)(F)CC1. The summed E-state index contributed by atoms with van der Waals surface area (Å²) in [5, 5.41) is 0. The molecule has 0 bridgehead atoms. The number of nitrogens with zero attached hydrogens (tertiary/aromatic N) is 1. The fourth-order valence-electron chi connectivity index (χ4n) is 2.65. The highest BCUT2D eigenvalue weighted by molar-refractivity contribution is 7.84. The maximum atomic E-state index is 13.3. The van der Waals surface area contributed by atoms with Gasteiger partial charge < -0.3 is 4.74 Å². The lowest BCUT2D eigenvalue weighted by Crippen LogP contribution is -2.44. The predicted molar refractivity (Wildman–Crippen MR) is 78.8 cm³/mol. The molecule has 1 aromatic rings. The van der Waals surface area contributed by atoms with Gasteiger partial charge in [0.25, 0.3) is 0 Å². The van der Waals surface area contributed by atoms with E-state index in [9.17, 15) is 13.0 Å². The van der Waals surface area contributed by atoms with Crippen LogP contribution in [0.2, 0.25) is 0 Å². The molecule has 1 fully saturated rings. The van der Waals surface area contributed by atoms with Crippen LogP contribution in [-0.4, -0.2) is 33.6 Å². The summed E-state index contributed by atoms with van der Waals surface area (Å²) in [4.78, 5) is 4.23. The van der Waals surface area contributed by atoms with Crippen molar-refractivity contribution in [2.45, 2.75) is 49.9 Å². The normalized spacial score (nSPS) is 21.9. The molecule has 0 radical (unpaired) electrons. The topological polar surface area (TPSA) is 39.2 Å². The second kappa shape index (κ2) is 6.48. The molecule has 2 rings (SSSR count). The van der Waals surface area contributed by atoms with Gasteiger partial charge in [-0.2, -0.15) is 0 Å². The highest BCUT2D eigenvalue weighted by Crippen LogP contribution is 2.40. The number of aromatic nitrogens is 1. The monoisotopic (exact) mass is 317 g/mol. The fraction of sp³-hybridized carbons (Fsp3) is 0.667. The van der Waals surface area contributed by atoms with Gasteiger partial charge >= 0.3 is 0 Å². The molecule has 1 aliphatic carbocycles. The van der Waals surface area contributed by atoms with Crippen LogP contribution in [0.25, 0.3) is 0 Å². The molecule has 0 aromatic carbocycles. The number of hydrogen-bond acceptors (Lipinski definition) is 3. The zero-order valence-electron chi connectivity index (χ0n) is 12.4. The summed E-state index contributed by atoms with van der Waals surface area (Å²) < 4.78 is 44.4. The van der Waals surface area contributed by atoms with E-state index in [0.29, 0.717) is 5.75 Å². The molecule has 118 valence electrons. The van der Waals surface area contributed by atoms with Crippen LogP contribution in [0.5, 0.6) is 0 Å². The minimum absolute atomic E-state index is 0.194. The van der Waals surface area contributed by atoms with Crippen molar-refractivity contribution >= 4 is 10.8 Å². The van der Waals surface area contributed by atoms with Crippen molar-refractivity contribution in [1.82, 2.24) is 4.98 Å². The Balaban J connectivity index is 1.99. The Morgan fingerprint density at radius 1 is 1.33 bits per heavy atom. The summed E-state index contributed by atoms with van der Waals surface area (Å²) in [6, 6.07) is 3.76. The van der Waals surface area contributed by atoms with Crippen molar-refractivity contribution in [2.75, 3.05) is 12.9 Å². The maximum absolute atomic E-state index is 13.3. The molecule has 1 aromatic heterocycles. The van der Waals surface area contributed by atoms with E-state index >= 15 is 0 Å². The molecular formula is C15H21F2NO2S. The fourth-order valence-corrected chi connectivity index (χ4v) is 4.35. The number of alkyl halides is 2. The predicted octanol–water partition coefficient (Wildman–Crippen LogP) is 3.23. The molecule has 21 heavy (non-hydrogen) atoms. The van der Waals surface area contributed by atoms with Crippen LogP contribution in [0.15, 0.2) is 18.3 Å². The number of aryl methyl sites for hydroxylation is 1. The van der Waals surface area contributed by atoms with Crippen molar-refractivity contribution in [3.63, 3.8) is 0 Å². The molecule has 0 amide bonds. The largest absolute Gasteiger partial charge is 0.377 e. The van der Waals surface area contributed by atoms with Crippen LogP contribution in [0.3, 0.4) is 0 Å². The van der Waals surface area contributed by atoms with E-state index in [1.165, 1.54) is 7.11 Å². The minimum atomic E-state index is -2.61. The van der Waals surface area contributed by atoms with E-state index in [2.05, 4.69) is 4.98 Å². The van der Waals surface area contributed by atoms with Gasteiger partial charge in [-0.15, -0.1) is 0 Å². The Bertz CT molecular complexity index is 512. The lowest BCUT2D eigenvalue weighted by atomic mass is 9.84. The molecule has 0 aliphatic heterocycles. The molecule has 1 heterocycles. The van der Waals surface area contributed by atoms with Gasteiger partial charge in [0.15, 0.2) is 0 Å². The average molecular weight is 317 g/mol. The Morgan fingerprint density at radius 2 is 2.00 bits per heavy atom. The second-order valence-corrected chi connectivity index (χ2v) is 7.20. The average Bonchev–Trinajstić information content (AvgIpc) is 2.44. The first-order chi connectivity index (χ1) is 9.86. The van der Waals surface area contributed by atoms with Gasteiger partial charge in [-0.25, -0.2) is 8.78 Å². The second-order valence-electron chi connectivity index (χ2n) is 5.74. The number of hydrogen-bond donors (Lipinski definition) is 0. The highest BCUT2D eigenvalue weighted by Gasteiger charge is 2.44. The third-order valence-electron chi connectivity index (χ3n) is 4.17. The van der Waals surface area contributed by atoms with Gasteiger partial charge in [0.05, 0.1) is 22.8 Å². The molecule has 0 saturated heterocycles. The van der Waals surface area contributed by atoms with E-state index in [4.69, 9.17) is 4.74 Å². The van der Waals surface area contributed by atoms with Crippen LogP contribution < -0.4 is 0 Å². The zero-order valence-corrected chi connectivity index (χ0v) is 13.2. The first kappa shape index (κ1) is 16.5. The number of rotatable bonds is 5. The first-order valence-corrected chi connectivity index (χ1v) is 8.53. The Kier molecular flexibility index (Phi) is 5.09. The highest BCUT2D eigenvalue weighted by atomic mass is 32.2. The third-order valence-corrected chi connectivity index (χ3v) is 5.61. The lowest BCUT2D eigenvalue weighted by Gasteiger charge is -2.38. The lowest BCUT2D eigenvalue weighted by molar-refractivity contribution is -0.108. The summed E-state index contributed by atoms with van der Waals surface area (Å²) in [6.45, 7) is 1.92. The van der Waals surface area contributed by atoms with Crippen molar-refractivity contribution in [3.8, 4) is 0 Å². The smallest absolute Gasteiger partial charge is 0.248 e. The zero-order chi connectivity index (χ0) is 15.5. The minimum Gasteiger partial charge on any atom is -0.377 e. The third kappa shape index (κ3) is 4.30. The summed E-state index contributed by atoms with van der Waals surface area (Å²) in [5.41, 5.74) is 1.10. The van der Waals surface area contributed by atoms with E-state index < -0.39 is 22.3 Å². The molecular weight excluding hydrogens is 296 g/mol. The van der Waals surface area contributed by atoms with Crippen LogP contribution >= 0.6 is 0 Å². The standard InChI is InChI=1S/C15H21F2NO2S/c1-12-4-3-9-18-13(12)10-21(19)11-14(20-2)5-7-15(16,17)8-6-14/h3-4,9H,5-8,10-11H2,1-2H3. The van der Waals surface area contributed by atoms with Gasteiger partial charge in [-0.05, 0) is 31.4 Å². The number of halogens is 2. The van der Waals surface area contributed by atoms with E-state index in [0.717, 1.165) is 11.3 Å². The molecule has 1 saturated carbocycles. The van der Waals surface area contributed by atoms with Gasteiger partial charge in [-0.3, -0.25) is 9.19 Å². The molecule has 0 spiro atoms. The quantitative estimate of drug-likeness (QED) is 0.837. The number of pyridine rings is 1. The summed E-state index contributed by atoms with van der Waals surface area (Å²) in [7, 11) is 0.345. The Morgan fingerprint density at radius 3 is 2.57 bits per heavy atom. The molecule has 3 nitrogen and oxygen atoms in total. The van der Waals surface area contributed by atoms with Gasteiger partial charge in [0, 0.05) is 36.9 Å². The van der Waals surface area contributed by atoms with E-state index in [1.807, 2.05) is 19.1 Å². The first-order valence-electron chi connectivity index (χ1n) is 7.04. The Labute approximate surface area is 126 Å². The van der Waals surface area contributed by atoms with E-state index in [-0.39, 0.29) is 31.4 Å². The molecule has 1 aliphatic rings. The van der Waals surface area contributed by atoms with Crippen LogP contribution in [0.1, 0.15) is 36.9 Å². The maximum Gasteiger partial charge on any atom is 0.248 e. The van der Waals surface area contributed by atoms with Crippen LogP contribution in [0, 0.1) is 6.92 Å². The van der Waals surface area contributed by atoms with Crippen molar-refractivity contribution in [2.24, 2.45) is 0 Å². The van der Waals surface area contributed by atoms with Gasteiger partial charge in [-0.1, -0.05) is 6.07 Å². The summed E-state index contributed by atoms with van der Waals surface area (Å²) in [5.74, 6) is -1.98. The molecule has 0 N–H and O–H groups in total. The molecule has 6 heteroatoms. The number of ether oxygens (including phenoxy) is 1. The van der Waals surface area contributed by atoms with Crippen molar-refractivity contribution < 1.29 is 17.7 Å². The summed E-state index contributed by atoms with van der Waals surface area (Å²) in [6.07, 6.45) is 1.79. The van der Waals surface area contributed by atoms with Gasteiger partial charge in [0.1, 0.15) is 0 Å². The summed E-state index contributed by atoms with van der Waals surface area (Å²) >= 11 is 0. The molecule has 1 atom stereocenters. The van der Waals surface area contributed by atoms with Gasteiger partial charge in [0.2, 0.25) is 5.92 Å². The van der Waals surface area contributed by atoms with Crippen molar-refractivity contribution in [3.05, 3.63) is 29.6 Å².